The van der Waals surface area contributed by atoms with Crippen molar-refractivity contribution in [3.8, 4) is 17.2 Å². The van der Waals surface area contributed by atoms with Gasteiger partial charge >= 0.3 is 0 Å². The number of nitrogens with one attached hydrogen (secondary N) is 1. The Balaban J connectivity index is 1.58. The maximum atomic E-state index is 14.0. The highest BCUT2D eigenvalue weighted by molar-refractivity contribution is 5.99. The quantitative estimate of drug-likeness (QED) is 0.685. The lowest BCUT2D eigenvalue weighted by atomic mass is 9.78. The Hall–Kier alpha value is -2.53. The smallest absolute Gasteiger partial charge is 0.231 e. The third-order valence-corrected chi connectivity index (χ3v) is 8.21. The first-order valence-corrected chi connectivity index (χ1v) is 12.5. The zero-order chi connectivity index (χ0) is 24.4. The van der Waals surface area contributed by atoms with Gasteiger partial charge in [-0.05, 0) is 58.1 Å². The molecule has 3 aliphatic rings. The molecule has 0 radical (unpaired) electrons. The van der Waals surface area contributed by atoms with E-state index in [9.17, 15) is 4.79 Å². The summed E-state index contributed by atoms with van der Waals surface area (Å²) >= 11 is 0. The number of rotatable bonds is 4. The van der Waals surface area contributed by atoms with Crippen molar-refractivity contribution in [1.29, 1.82) is 0 Å². The SMILES string of the molecule is COc1c2c(cc3c1[C@H](CC(=O)c1cc(C(C)(C)C)cc4c1CCC4(C)C)[NH+](C)CC3)OCO2. The number of benzene rings is 2. The number of carbonyl (C=O) groups excluding carboxylic acids is 1. The maximum absolute atomic E-state index is 14.0. The molecule has 0 saturated carbocycles. The number of hydrogen-bond acceptors (Lipinski definition) is 4. The van der Waals surface area contributed by atoms with Crippen LogP contribution in [0.25, 0.3) is 0 Å². The molecule has 5 nitrogen and oxygen atoms in total. The topological polar surface area (TPSA) is 49.2 Å². The molecule has 0 amide bonds. The number of carbonyl (C=O) groups is 1. The zero-order valence-corrected chi connectivity index (χ0v) is 21.7. The van der Waals surface area contributed by atoms with E-state index >= 15 is 0 Å². The number of ether oxygens (including phenoxy) is 3. The van der Waals surface area contributed by atoms with Gasteiger partial charge in [0, 0.05) is 12.0 Å². The molecular formula is C29H38NO4+. The van der Waals surface area contributed by atoms with Gasteiger partial charge in [-0.3, -0.25) is 4.79 Å². The van der Waals surface area contributed by atoms with E-state index in [1.54, 1.807) is 7.11 Å². The van der Waals surface area contributed by atoms with Gasteiger partial charge in [0.15, 0.2) is 17.3 Å². The molecule has 2 atom stereocenters. The summed E-state index contributed by atoms with van der Waals surface area (Å²) in [7, 11) is 3.87. The average molecular weight is 465 g/mol. The minimum absolute atomic E-state index is 0.0106. The average Bonchev–Trinajstić information content (AvgIpc) is 3.36. The van der Waals surface area contributed by atoms with E-state index in [0.717, 1.165) is 48.4 Å². The van der Waals surface area contributed by atoms with Crippen molar-refractivity contribution in [2.45, 2.75) is 77.2 Å². The van der Waals surface area contributed by atoms with E-state index in [0.29, 0.717) is 12.2 Å². The van der Waals surface area contributed by atoms with Gasteiger partial charge in [0.25, 0.3) is 0 Å². The standard InChI is InChI=1S/C29H37NO4/c1-28(2,3)18-13-20(19-8-10-29(4,5)21(19)14-18)23(31)15-22-25-17(9-11-30(22)6)12-24-26(27(25)32-7)34-16-33-24/h12-14,22H,8-11,15-16H2,1-7H3/p+1/t22-/m0/s1. The lowest BCUT2D eigenvalue weighted by Gasteiger charge is -2.33. The normalized spacial score (nSPS) is 22.3. The zero-order valence-electron chi connectivity index (χ0n) is 21.7. The highest BCUT2D eigenvalue weighted by Crippen LogP contribution is 2.48. The molecule has 2 aromatic rings. The molecule has 0 saturated heterocycles. The summed E-state index contributed by atoms with van der Waals surface area (Å²) < 4.78 is 17.3. The summed E-state index contributed by atoms with van der Waals surface area (Å²) in [6.07, 6.45) is 3.45. The molecule has 1 aliphatic carbocycles. The Morgan fingerprint density at radius 3 is 2.65 bits per heavy atom. The number of likely N-dealkylation sites (N-methyl/N-ethyl adjacent to an activating group) is 1. The highest BCUT2D eigenvalue weighted by Gasteiger charge is 2.39. The van der Waals surface area contributed by atoms with Crippen LogP contribution in [0, 0.1) is 0 Å². The van der Waals surface area contributed by atoms with E-state index in [2.05, 4.69) is 59.9 Å². The van der Waals surface area contributed by atoms with Crippen LogP contribution in [-0.4, -0.2) is 33.3 Å². The Morgan fingerprint density at radius 2 is 1.94 bits per heavy atom. The van der Waals surface area contributed by atoms with Crippen molar-refractivity contribution < 1.29 is 23.9 Å². The molecule has 0 spiro atoms. The van der Waals surface area contributed by atoms with Crippen LogP contribution in [0.5, 0.6) is 17.2 Å². The lowest BCUT2D eigenvalue weighted by Crippen LogP contribution is -3.10. The molecule has 1 N–H and O–H groups in total. The van der Waals surface area contributed by atoms with E-state index < -0.39 is 0 Å². The van der Waals surface area contributed by atoms with Gasteiger partial charge in [-0.25, -0.2) is 0 Å². The third-order valence-electron chi connectivity index (χ3n) is 8.21. The minimum Gasteiger partial charge on any atom is -0.492 e. The van der Waals surface area contributed by atoms with Crippen LogP contribution in [0.1, 0.15) is 91.7 Å². The van der Waals surface area contributed by atoms with Gasteiger partial charge in [-0.2, -0.15) is 0 Å². The number of ketones is 1. The molecule has 182 valence electrons. The minimum atomic E-state index is -0.0106. The fourth-order valence-electron chi connectivity index (χ4n) is 5.99. The first-order chi connectivity index (χ1) is 16.0. The summed E-state index contributed by atoms with van der Waals surface area (Å²) in [5, 5.41) is 0. The van der Waals surface area contributed by atoms with Crippen LogP contribution in [0.15, 0.2) is 18.2 Å². The van der Waals surface area contributed by atoms with Gasteiger partial charge < -0.3 is 19.1 Å². The molecule has 2 aliphatic heterocycles. The third kappa shape index (κ3) is 3.69. The van der Waals surface area contributed by atoms with Crippen LogP contribution < -0.4 is 19.1 Å². The first kappa shape index (κ1) is 23.2. The van der Waals surface area contributed by atoms with E-state index in [-0.39, 0.29) is 29.4 Å². The van der Waals surface area contributed by atoms with Gasteiger partial charge in [0.1, 0.15) is 6.04 Å². The van der Waals surface area contributed by atoms with Gasteiger partial charge in [-0.15, -0.1) is 0 Å². The van der Waals surface area contributed by atoms with Crippen LogP contribution >= 0.6 is 0 Å². The number of quaternary nitrogens is 1. The number of methoxy groups -OCH3 is 1. The summed E-state index contributed by atoms with van der Waals surface area (Å²) in [6, 6.07) is 6.64. The second-order valence-corrected chi connectivity index (χ2v) is 11.9. The fraction of sp³-hybridized carbons (Fsp3) is 0.552. The summed E-state index contributed by atoms with van der Waals surface area (Å²) in [5.41, 5.74) is 7.19. The van der Waals surface area contributed by atoms with Gasteiger partial charge in [0.2, 0.25) is 12.5 Å². The molecule has 0 aromatic heterocycles. The molecule has 5 rings (SSSR count). The number of fused-ring (bicyclic) bond motifs is 3. The molecule has 0 fully saturated rings. The molecule has 2 heterocycles. The van der Waals surface area contributed by atoms with Gasteiger partial charge in [0.05, 0.1) is 32.7 Å². The molecular weight excluding hydrogens is 426 g/mol. The molecule has 34 heavy (non-hydrogen) atoms. The molecule has 2 aromatic carbocycles. The summed E-state index contributed by atoms with van der Waals surface area (Å²) in [4.78, 5) is 15.4. The summed E-state index contributed by atoms with van der Waals surface area (Å²) in [5.74, 6) is 2.39. The largest absolute Gasteiger partial charge is 0.492 e. The maximum Gasteiger partial charge on any atom is 0.231 e. The highest BCUT2D eigenvalue weighted by atomic mass is 16.7. The Labute approximate surface area is 203 Å². The van der Waals surface area contributed by atoms with E-state index in [4.69, 9.17) is 14.2 Å². The van der Waals surface area contributed by atoms with Gasteiger partial charge in [-0.1, -0.05) is 40.7 Å². The second kappa shape index (κ2) is 8.01. The monoisotopic (exact) mass is 464 g/mol. The number of Topliss-reactive ketones (excluding diaryl/α,β-unsaturated/α-hetero) is 1. The second-order valence-electron chi connectivity index (χ2n) is 11.9. The lowest BCUT2D eigenvalue weighted by molar-refractivity contribution is -0.913. The Morgan fingerprint density at radius 1 is 1.18 bits per heavy atom. The van der Waals surface area contributed by atoms with Crippen LogP contribution in [0.4, 0.5) is 0 Å². The molecule has 1 unspecified atom stereocenters. The van der Waals surface area contributed by atoms with Crippen molar-refractivity contribution >= 4 is 5.78 Å². The van der Waals surface area contributed by atoms with Crippen molar-refractivity contribution in [3.63, 3.8) is 0 Å². The van der Waals surface area contributed by atoms with Crippen molar-refractivity contribution in [1.82, 2.24) is 0 Å². The predicted molar refractivity (Wildman–Crippen MR) is 133 cm³/mol. The molecule has 0 bridgehead atoms. The first-order valence-electron chi connectivity index (χ1n) is 12.5. The Bertz CT molecular complexity index is 1160. The number of hydrogen-bond donors (Lipinski definition) is 1. The van der Waals surface area contributed by atoms with E-state index in [1.165, 1.54) is 27.2 Å². The van der Waals surface area contributed by atoms with Crippen LogP contribution in [-0.2, 0) is 23.7 Å². The van der Waals surface area contributed by atoms with Crippen LogP contribution in [0.2, 0.25) is 0 Å². The fourth-order valence-corrected chi connectivity index (χ4v) is 5.99. The predicted octanol–water partition coefficient (Wildman–Crippen LogP) is 4.33. The van der Waals surface area contributed by atoms with Crippen molar-refractivity contribution in [2.24, 2.45) is 0 Å². The Kier molecular flexibility index (Phi) is 5.47. The van der Waals surface area contributed by atoms with Crippen molar-refractivity contribution in [2.75, 3.05) is 27.5 Å². The van der Waals surface area contributed by atoms with Crippen LogP contribution in [0.3, 0.4) is 0 Å². The molecule has 5 heteroatoms. The van der Waals surface area contributed by atoms with Crippen molar-refractivity contribution in [3.05, 3.63) is 51.6 Å². The summed E-state index contributed by atoms with van der Waals surface area (Å²) in [6.45, 7) is 12.5. The van der Waals surface area contributed by atoms with E-state index in [1.807, 2.05) is 0 Å².